The lowest BCUT2D eigenvalue weighted by Crippen LogP contribution is -2.35. The van der Waals surface area contributed by atoms with Crippen LogP contribution in [-0.4, -0.2) is 59.8 Å². The molecular weight excluding hydrogens is 256 g/mol. The molecule has 9 heteroatoms. The van der Waals surface area contributed by atoms with Crippen LogP contribution in [0.15, 0.2) is 17.4 Å². The minimum absolute atomic E-state index is 0.181. The van der Waals surface area contributed by atoms with Gasteiger partial charge in [-0.05, 0) is 0 Å². The van der Waals surface area contributed by atoms with Gasteiger partial charge in [0.05, 0.1) is 12.9 Å². The Bertz CT molecular complexity index is 653. The van der Waals surface area contributed by atoms with Crippen molar-refractivity contribution in [1.29, 1.82) is 0 Å². The molecule has 1 aliphatic heterocycles. The third kappa shape index (κ3) is 1.75. The van der Waals surface area contributed by atoms with Gasteiger partial charge in [0.2, 0.25) is 0 Å². The molecule has 1 saturated heterocycles. The summed E-state index contributed by atoms with van der Waals surface area (Å²) in [5, 5.41) is 28.5. The molecule has 4 atom stereocenters. The van der Waals surface area contributed by atoms with E-state index >= 15 is 0 Å². The molecule has 0 spiro atoms. The highest BCUT2D eigenvalue weighted by Gasteiger charge is 2.43. The van der Waals surface area contributed by atoms with Crippen LogP contribution >= 0.6 is 0 Å². The Morgan fingerprint density at radius 3 is 2.84 bits per heavy atom. The zero-order chi connectivity index (χ0) is 13.6. The summed E-state index contributed by atoms with van der Waals surface area (Å²) in [5.74, 6) is 0. The van der Waals surface area contributed by atoms with Gasteiger partial charge in [0.15, 0.2) is 17.4 Å². The van der Waals surface area contributed by atoms with E-state index in [2.05, 4.69) is 15.0 Å². The Hall–Kier alpha value is -1.81. The van der Waals surface area contributed by atoms with Crippen molar-refractivity contribution in [2.24, 2.45) is 0 Å². The molecule has 2 aromatic heterocycles. The van der Waals surface area contributed by atoms with Crippen molar-refractivity contribution in [3.63, 3.8) is 0 Å². The second kappa shape index (κ2) is 4.38. The maximum Gasteiger partial charge on any atom is 0.281 e. The molecule has 0 aromatic carbocycles. The van der Waals surface area contributed by atoms with Gasteiger partial charge in [-0.1, -0.05) is 0 Å². The predicted molar refractivity (Wildman–Crippen MR) is 61.2 cm³/mol. The summed E-state index contributed by atoms with van der Waals surface area (Å²) in [6, 6.07) is 0. The molecular formula is C10H12N4O5. The Morgan fingerprint density at radius 2 is 2.16 bits per heavy atom. The topological polar surface area (TPSA) is 133 Å². The number of nitrogens with one attached hydrogen (secondary N) is 1. The van der Waals surface area contributed by atoms with Crippen molar-refractivity contribution in [3.8, 4) is 0 Å². The number of aliphatic hydroxyl groups is 3. The molecule has 4 N–H and O–H groups in total. The summed E-state index contributed by atoms with van der Waals surface area (Å²) in [4.78, 5) is 22.6. The molecule has 0 amide bonds. The number of aliphatic hydroxyl groups excluding tert-OH is 3. The molecule has 1 fully saturated rings. The van der Waals surface area contributed by atoms with Gasteiger partial charge in [0, 0.05) is 0 Å². The second-order valence-electron chi connectivity index (χ2n) is 4.29. The quantitative estimate of drug-likeness (QED) is 0.482. The fourth-order valence-corrected chi connectivity index (χ4v) is 2.13. The molecule has 1 aliphatic rings. The van der Waals surface area contributed by atoms with E-state index in [-0.39, 0.29) is 11.2 Å². The molecule has 3 rings (SSSR count). The van der Waals surface area contributed by atoms with Gasteiger partial charge in [-0.25, -0.2) is 9.97 Å². The van der Waals surface area contributed by atoms with E-state index in [1.54, 1.807) is 0 Å². The van der Waals surface area contributed by atoms with Crippen LogP contribution in [-0.2, 0) is 4.74 Å². The number of ether oxygens (including phenoxy) is 1. The van der Waals surface area contributed by atoms with E-state index in [1.807, 2.05) is 0 Å². The van der Waals surface area contributed by atoms with Crippen molar-refractivity contribution in [2.75, 3.05) is 6.61 Å². The first-order chi connectivity index (χ1) is 9.13. The first-order valence-corrected chi connectivity index (χ1v) is 5.66. The number of hydrogen-bond donors (Lipinski definition) is 4. The highest BCUT2D eigenvalue weighted by molar-refractivity contribution is 5.67. The summed E-state index contributed by atoms with van der Waals surface area (Å²) in [5.41, 5.74) is -0.0365. The molecule has 1 unspecified atom stereocenters. The zero-order valence-corrected chi connectivity index (χ0v) is 9.67. The molecule has 102 valence electrons. The van der Waals surface area contributed by atoms with E-state index in [9.17, 15) is 15.0 Å². The smallest absolute Gasteiger partial charge is 0.281 e. The molecule has 0 bridgehead atoms. The fourth-order valence-electron chi connectivity index (χ4n) is 2.13. The third-order valence-electron chi connectivity index (χ3n) is 3.16. The van der Waals surface area contributed by atoms with E-state index in [0.717, 1.165) is 4.57 Å². The normalized spacial score (nSPS) is 31.1. The van der Waals surface area contributed by atoms with Crippen LogP contribution in [0.3, 0.4) is 0 Å². The van der Waals surface area contributed by atoms with Crippen LogP contribution < -0.4 is 5.56 Å². The number of aromatic amines is 1. The van der Waals surface area contributed by atoms with Crippen molar-refractivity contribution in [2.45, 2.75) is 24.5 Å². The molecule has 19 heavy (non-hydrogen) atoms. The molecule has 3 heterocycles. The second-order valence-corrected chi connectivity index (χ2v) is 4.29. The number of aromatic nitrogens is 4. The number of fused-ring (bicyclic) bond motifs is 1. The average molecular weight is 268 g/mol. The highest BCUT2D eigenvalue weighted by Crippen LogP contribution is 2.28. The fraction of sp³-hybridized carbons (Fsp3) is 0.500. The third-order valence-corrected chi connectivity index (χ3v) is 3.16. The Morgan fingerprint density at radius 1 is 1.37 bits per heavy atom. The molecule has 0 radical (unpaired) electrons. The van der Waals surface area contributed by atoms with Crippen LogP contribution in [0.5, 0.6) is 0 Å². The van der Waals surface area contributed by atoms with Gasteiger partial charge >= 0.3 is 0 Å². The summed E-state index contributed by atoms with van der Waals surface area (Å²) < 4.78 is 6.33. The van der Waals surface area contributed by atoms with Crippen LogP contribution in [0.4, 0.5) is 0 Å². The Labute approximate surface area is 106 Å². The van der Waals surface area contributed by atoms with E-state index in [0.29, 0.717) is 0 Å². The first-order valence-electron chi connectivity index (χ1n) is 5.66. The van der Waals surface area contributed by atoms with Crippen molar-refractivity contribution < 1.29 is 20.1 Å². The molecule has 0 saturated carbocycles. The van der Waals surface area contributed by atoms with Crippen LogP contribution in [0.1, 0.15) is 6.23 Å². The van der Waals surface area contributed by atoms with Gasteiger partial charge < -0.3 is 25.0 Å². The highest BCUT2D eigenvalue weighted by atomic mass is 16.6. The SMILES string of the molecule is O=c1c2[nH]cnc2ncn1C1O[C@H](CO)[C@@H](O)[C@@H]1O. The van der Waals surface area contributed by atoms with Gasteiger partial charge in [-0.3, -0.25) is 9.36 Å². The van der Waals surface area contributed by atoms with Gasteiger partial charge in [-0.2, -0.15) is 0 Å². The maximum atomic E-state index is 12.1. The maximum absolute atomic E-state index is 12.1. The largest absolute Gasteiger partial charge is 0.394 e. The van der Waals surface area contributed by atoms with E-state index < -0.39 is 36.7 Å². The van der Waals surface area contributed by atoms with Crippen molar-refractivity contribution in [3.05, 3.63) is 23.0 Å². The standard InChI is InChI=1S/C10H12N4O5/c15-1-4-6(16)7(17)10(19-4)14-3-13-8-5(9(14)18)11-2-12-8/h2-4,6-7,10,15-17H,1H2,(H,11,12)/t4-,6-,7+,10?/m1/s1. The zero-order valence-electron chi connectivity index (χ0n) is 9.67. The Kier molecular flexibility index (Phi) is 2.82. The number of imidazole rings is 1. The first kappa shape index (κ1) is 12.2. The van der Waals surface area contributed by atoms with E-state index in [4.69, 9.17) is 9.84 Å². The lowest BCUT2D eigenvalue weighted by Gasteiger charge is -2.16. The van der Waals surface area contributed by atoms with Crippen LogP contribution in [0.25, 0.3) is 11.2 Å². The lowest BCUT2D eigenvalue weighted by molar-refractivity contribution is -0.0546. The summed E-state index contributed by atoms with van der Waals surface area (Å²) in [6.45, 7) is -0.455. The summed E-state index contributed by atoms with van der Waals surface area (Å²) >= 11 is 0. The van der Waals surface area contributed by atoms with Crippen LogP contribution in [0.2, 0.25) is 0 Å². The van der Waals surface area contributed by atoms with Gasteiger partial charge in [0.25, 0.3) is 5.56 Å². The number of rotatable bonds is 2. The van der Waals surface area contributed by atoms with Crippen molar-refractivity contribution in [1.82, 2.24) is 19.5 Å². The predicted octanol–water partition coefficient (Wildman–Crippen LogP) is -2.27. The lowest BCUT2D eigenvalue weighted by atomic mass is 10.1. The van der Waals surface area contributed by atoms with Crippen LogP contribution in [0, 0.1) is 0 Å². The monoisotopic (exact) mass is 268 g/mol. The van der Waals surface area contributed by atoms with E-state index in [1.165, 1.54) is 12.7 Å². The van der Waals surface area contributed by atoms with Gasteiger partial charge in [0.1, 0.15) is 24.6 Å². The minimum Gasteiger partial charge on any atom is -0.394 e. The number of nitrogens with zero attached hydrogens (tertiary/aromatic N) is 3. The Balaban J connectivity index is 2.05. The number of H-pyrrole nitrogens is 1. The number of hydrogen-bond acceptors (Lipinski definition) is 7. The van der Waals surface area contributed by atoms with Crippen molar-refractivity contribution >= 4 is 11.2 Å². The molecule has 9 nitrogen and oxygen atoms in total. The molecule has 2 aromatic rings. The summed E-state index contributed by atoms with van der Waals surface area (Å²) in [7, 11) is 0. The van der Waals surface area contributed by atoms with Gasteiger partial charge in [-0.15, -0.1) is 0 Å². The molecule has 0 aliphatic carbocycles. The minimum atomic E-state index is -1.32. The summed E-state index contributed by atoms with van der Waals surface area (Å²) in [6.07, 6.45) is -2.10. The average Bonchev–Trinajstić information content (AvgIpc) is 2.98.